The van der Waals surface area contributed by atoms with Crippen LogP contribution in [0.4, 0.5) is 11.4 Å². The third kappa shape index (κ3) is 4.32. The van der Waals surface area contributed by atoms with E-state index in [4.69, 9.17) is 4.74 Å². The molecule has 2 aliphatic rings. The number of carbonyl (C=O) groups excluding carboxylic acids is 3. The van der Waals surface area contributed by atoms with Gasteiger partial charge in [-0.15, -0.1) is 0 Å². The molecule has 0 saturated carbocycles. The van der Waals surface area contributed by atoms with Gasteiger partial charge < -0.3 is 15.0 Å². The number of fused-ring (bicyclic) bond motifs is 1. The molecule has 0 aromatic heterocycles. The monoisotopic (exact) mass is 436 g/mol. The highest BCUT2D eigenvalue weighted by atomic mass is 16.5. The Balaban J connectivity index is 1.53. The molecule has 0 aliphatic carbocycles. The van der Waals surface area contributed by atoms with E-state index in [1.807, 2.05) is 68.1 Å². The number of ether oxygens (including phenoxy) is 1. The number of amides is 3. The molecule has 9 nitrogen and oxygen atoms in total. The van der Waals surface area contributed by atoms with Gasteiger partial charge in [0.1, 0.15) is 5.75 Å². The first-order valence-corrected chi connectivity index (χ1v) is 10.6. The van der Waals surface area contributed by atoms with Crippen molar-refractivity contribution in [3.63, 3.8) is 0 Å². The van der Waals surface area contributed by atoms with E-state index in [-0.39, 0.29) is 6.54 Å². The van der Waals surface area contributed by atoms with E-state index in [1.54, 1.807) is 0 Å². The Morgan fingerprint density at radius 1 is 1.09 bits per heavy atom. The second kappa shape index (κ2) is 8.78. The van der Waals surface area contributed by atoms with E-state index < -0.39 is 24.0 Å². The number of hydrogen-bond donors (Lipinski definition) is 1. The topological polar surface area (TPSA) is 94.3 Å². The SMILES string of the molecule is CCOc1ccc(N2CCN3C(=O)C(=O)[N+](CC(=O)Nc4cc(C)cc(C)c4)=NC32)cc1. The average Bonchev–Trinajstić information content (AvgIpc) is 3.15. The molecule has 0 bridgehead atoms. The second-order valence-corrected chi connectivity index (χ2v) is 7.87. The lowest BCUT2D eigenvalue weighted by Crippen LogP contribution is -2.52. The maximum Gasteiger partial charge on any atom is 0.502 e. The van der Waals surface area contributed by atoms with Gasteiger partial charge in [0, 0.05) is 29.6 Å². The molecule has 1 unspecified atom stereocenters. The van der Waals surface area contributed by atoms with Gasteiger partial charge in [0.25, 0.3) is 18.7 Å². The van der Waals surface area contributed by atoms with Gasteiger partial charge in [-0.05, 0) is 73.0 Å². The Bertz CT molecular complexity index is 1080. The summed E-state index contributed by atoms with van der Waals surface area (Å²) in [5.41, 5.74) is 3.52. The van der Waals surface area contributed by atoms with Gasteiger partial charge in [0.05, 0.1) is 6.61 Å². The molecular weight excluding hydrogens is 410 g/mol. The van der Waals surface area contributed by atoms with Crippen LogP contribution in [-0.4, -0.2) is 59.8 Å². The van der Waals surface area contributed by atoms with Crippen LogP contribution in [0, 0.1) is 13.8 Å². The number of rotatable bonds is 6. The molecule has 1 saturated heterocycles. The quantitative estimate of drug-likeness (QED) is 0.554. The third-order valence-electron chi connectivity index (χ3n) is 5.34. The summed E-state index contributed by atoms with van der Waals surface area (Å²) in [5, 5.41) is 7.21. The second-order valence-electron chi connectivity index (χ2n) is 7.87. The van der Waals surface area contributed by atoms with Gasteiger partial charge in [-0.2, -0.15) is 0 Å². The van der Waals surface area contributed by atoms with Crippen LogP contribution < -0.4 is 15.0 Å². The number of azo groups is 2. The number of anilines is 2. The first-order valence-electron chi connectivity index (χ1n) is 10.6. The molecule has 2 aromatic rings. The molecule has 0 radical (unpaired) electrons. The highest BCUT2D eigenvalue weighted by Crippen LogP contribution is 2.28. The summed E-state index contributed by atoms with van der Waals surface area (Å²) in [6.45, 7) is 6.95. The summed E-state index contributed by atoms with van der Waals surface area (Å²) >= 11 is 0. The van der Waals surface area contributed by atoms with Crippen LogP contribution in [0.15, 0.2) is 47.6 Å². The highest BCUT2D eigenvalue weighted by molar-refractivity contribution is 6.32. The summed E-state index contributed by atoms with van der Waals surface area (Å²) < 4.78 is 6.45. The predicted molar refractivity (Wildman–Crippen MR) is 118 cm³/mol. The summed E-state index contributed by atoms with van der Waals surface area (Å²) in [7, 11) is 0. The lowest BCUT2D eigenvalue weighted by Gasteiger charge is -2.27. The molecule has 0 spiro atoms. The first-order chi connectivity index (χ1) is 15.4. The zero-order valence-corrected chi connectivity index (χ0v) is 18.4. The zero-order chi connectivity index (χ0) is 22.8. The fraction of sp³-hybridized carbons (Fsp3) is 0.348. The zero-order valence-electron chi connectivity index (χ0n) is 18.4. The lowest BCUT2D eigenvalue weighted by atomic mass is 10.1. The van der Waals surface area contributed by atoms with Gasteiger partial charge >= 0.3 is 11.8 Å². The van der Waals surface area contributed by atoms with E-state index in [9.17, 15) is 14.4 Å². The summed E-state index contributed by atoms with van der Waals surface area (Å²) in [5.74, 6) is -1.12. The van der Waals surface area contributed by atoms with Crippen LogP contribution in [0.2, 0.25) is 0 Å². The van der Waals surface area contributed by atoms with Crippen LogP contribution in [0.5, 0.6) is 5.75 Å². The molecule has 166 valence electrons. The normalized spacial score (nSPS) is 17.8. The van der Waals surface area contributed by atoms with Crippen LogP contribution in [0.3, 0.4) is 0 Å². The van der Waals surface area contributed by atoms with Crippen LogP contribution in [0.1, 0.15) is 18.1 Å². The number of carbonyl (C=O) groups is 3. The molecule has 2 heterocycles. The van der Waals surface area contributed by atoms with Gasteiger partial charge in [-0.3, -0.25) is 14.5 Å². The predicted octanol–water partition coefficient (Wildman–Crippen LogP) is 2.28. The molecule has 9 heteroatoms. The van der Waals surface area contributed by atoms with Crippen molar-refractivity contribution in [2.75, 3.05) is 36.5 Å². The largest absolute Gasteiger partial charge is 0.502 e. The van der Waals surface area contributed by atoms with Crippen molar-refractivity contribution >= 4 is 29.1 Å². The van der Waals surface area contributed by atoms with Crippen molar-refractivity contribution in [1.29, 1.82) is 0 Å². The van der Waals surface area contributed by atoms with Crippen molar-refractivity contribution in [3.8, 4) is 5.75 Å². The Morgan fingerprint density at radius 2 is 1.75 bits per heavy atom. The van der Waals surface area contributed by atoms with E-state index in [1.165, 1.54) is 4.90 Å². The minimum atomic E-state index is -0.801. The molecule has 3 amide bonds. The van der Waals surface area contributed by atoms with Crippen molar-refractivity contribution in [2.24, 2.45) is 5.11 Å². The van der Waals surface area contributed by atoms with Crippen LogP contribution in [-0.2, 0) is 14.4 Å². The Morgan fingerprint density at radius 3 is 2.41 bits per heavy atom. The lowest BCUT2D eigenvalue weighted by molar-refractivity contribution is -0.509. The van der Waals surface area contributed by atoms with Crippen molar-refractivity contribution in [2.45, 2.75) is 27.1 Å². The van der Waals surface area contributed by atoms with Crippen LogP contribution in [0.25, 0.3) is 0 Å². The minimum Gasteiger partial charge on any atom is -0.494 e. The van der Waals surface area contributed by atoms with Crippen molar-refractivity contribution in [3.05, 3.63) is 53.6 Å². The number of nitrogens with zero attached hydrogens (tertiary/aromatic N) is 4. The standard InChI is InChI=1S/C23H25N5O4/c1-4-32-19-7-5-18(6-8-19)26-9-10-27-21(30)22(31)28(25-23(26)27)14-20(29)24-17-12-15(2)11-16(3)13-17/h5-8,11-13,23H,4,9-10,14H2,1-3H3/p+1. The Hall–Kier alpha value is -3.75. The minimum absolute atomic E-state index is 0.334. The third-order valence-corrected chi connectivity index (χ3v) is 5.34. The van der Waals surface area contributed by atoms with Crippen molar-refractivity contribution in [1.82, 2.24) is 4.90 Å². The number of nitrogens with one attached hydrogen (secondary N) is 1. The molecule has 2 aromatic carbocycles. The number of benzene rings is 2. The molecule has 1 atom stereocenters. The van der Waals surface area contributed by atoms with Gasteiger partial charge in [0.15, 0.2) is 0 Å². The Labute approximate surface area is 186 Å². The maximum absolute atomic E-state index is 12.7. The summed E-state index contributed by atoms with van der Waals surface area (Å²) in [6.07, 6.45) is -0.674. The van der Waals surface area contributed by atoms with Gasteiger partial charge in [-0.25, -0.2) is 4.79 Å². The van der Waals surface area contributed by atoms with Gasteiger partial charge in [0.2, 0.25) is 0 Å². The number of aryl methyl sites for hydroxylation is 2. The smallest absolute Gasteiger partial charge is 0.494 e. The van der Waals surface area contributed by atoms with E-state index in [0.29, 0.717) is 25.4 Å². The van der Waals surface area contributed by atoms with E-state index in [2.05, 4.69) is 10.4 Å². The Kier molecular flexibility index (Phi) is 5.89. The summed E-state index contributed by atoms with van der Waals surface area (Å²) in [4.78, 5) is 41.1. The van der Waals surface area contributed by atoms with Crippen molar-refractivity contribution < 1.29 is 23.8 Å². The molecule has 1 fully saturated rings. The van der Waals surface area contributed by atoms with E-state index in [0.717, 1.165) is 27.3 Å². The van der Waals surface area contributed by atoms with E-state index >= 15 is 0 Å². The fourth-order valence-electron chi connectivity index (χ4n) is 4.02. The highest BCUT2D eigenvalue weighted by Gasteiger charge is 2.49. The fourth-order valence-corrected chi connectivity index (χ4v) is 4.02. The molecule has 4 rings (SSSR count). The molecule has 1 N–H and O–H groups in total. The molecular formula is C23H26N5O4+. The molecule has 32 heavy (non-hydrogen) atoms. The first kappa shape index (κ1) is 21.5. The van der Waals surface area contributed by atoms with Crippen LogP contribution >= 0.6 is 0 Å². The number of hydrogen-bond acceptors (Lipinski definition) is 6. The average molecular weight is 436 g/mol. The maximum atomic E-state index is 12.7. The van der Waals surface area contributed by atoms with Gasteiger partial charge in [-0.1, -0.05) is 6.07 Å². The molecule has 2 aliphatic heterocycles. The summed E-state index contributed by atoms with van der Waals surface area (Å²) in [6, 6.07) is 13.2.